The van der Waals surface area contributed by atoms with E-state index in [-0.39, 0.29) is 22.3 Å². The minimum atomic E-state index is -0.975. The van der Waals surface area contributed by atoms with Gasteiger partial charge >= 0.3 is 5.97 Å². The van der Waals surface area contributed by atoms with Crippen molar-refractivity contribution in [2.24, 2.45) is 5.73 Å². The number of carboxylic acid groups (broad SMARTS) is 1. The summed E-state index contributed by atoms with van der Waals surface area (Å²) in [6, 6.07) is 30.5. The summed E-state index contributed by atoms with van der Waals surface area (Å²) in [5.74, 6) is 0.726. The lowest BCUT2D eigenvalue weighted by Crippen LogP contribution is -2.44. The molecule has 2 aliphatic heterocycles. The van der Waals surface area contributed by atoms with E-state index in [0.717, 1.165) is 53.4 Å². The number of nitrogens with zero attached hydrogens (tertiary/aromatic N) is 4. The number of hydrogen-bond donors (Lipinski definition) is 3. The summed E-state index contributed by atoms with van der Waals surface area (Å²) in [5.41, 5.74) is 10.6. The van der Waals surface area contributed by atoms with Crippen molar-refractivity contribution in [2.75, 3.05) is 39.5 Å². The fourth-order valence-electron chi connectivity index (χ4n) is 7.11. The van der Waals surface area contributed by atoms with Gasteiger partial charge in [0.1, 0.15) is 0 Å². The highest BCUT2D eigenvalue weighted by atomic mass is 79.9. The Balaban J connectivity index is 0.000000164. The molecule has 0 radical (unpaired) electrons. The molecule has 8 rings (SSSR count). The number of hydrogen-bond acceptors (Lipinski definition) is 11. The summed E-state index contributed by atoms with van der Waals surface area (Å²) < 4.78 is 23.0. The number of carbonyl (C=O) groups is 2. The number of aryl methyl sites for hydroxylation is 2. The number of halogens is 2. The van der Waals surface area contributed by atoms with Crippen molar-refractivity contribution < 1.29 is 33.2 Å². The number of nitrogens with one attached hydrogen (secondary N) is 1. The molecule has 15 heteroatoms. The van der Waals surface area contributed by atoms with Gasteiger partial charge in [-0.2, -0.15) is 9.97 Å². The van der Waals surface area contributed by atoms with Gasteiger partial charge in [-0.05, 0) is 85.3 Å². The Hall–Kier alpha value is -5.06. The average Bonchev–Trinajstić information content (AvgIpc) is 3.92. The molecule has 59 heavy (non-hydrogen) atoms. The topological polar surface area (TPSA) is 189 Å². The second-order valence-electron chi connectivity index (χ2n) is 14.4. The number of carbonyl (C=O) groups excluding carboxylic acids is 1. The summed E-state index contributed by atoms with van der Waals surface area (Å²) in [6.45, 7) is 7.70. The number of carboxylic acids is 1. The monoisotopic (exact) mass is 928 g/mol. The van der Waals surface area contributed by atoms with E-state index < -0.39 is 5.97 Å². The van der Waals surface area contributed by atoms with Gasteiger partial charge in [0.05, 0.1) is 5.56 Å². The highest BCUT2D eigenvalue weighted by molar-refractivity contribution is 9.10. The molecule has 4 aromatic carbocycles. The molecule has 4 heterocycles. The highest BCUT2D eigenvalue weighted by Gasteiger charge is 2.35. The van der Waals surface area contributed by atoms with Gasteiger partial charge in [0.2, 0.25) is 23.4 Å². The van der Waals surface area contributed by atoms with Crippen LogP contribution >= 0.6 is 31.9 Å². The number of aromatic carboxylic acids is 1. The number of rotatable bonds is 9. The van der Waals surface area contributed by atoms with E-state index >= 15 is 0 Å². The van der Waals surface area contributed by atoms with Crippen LogP contribution in [0.15, 0.2) is 115 Å². The molecular weight excluding hydrogens is 884 g/mol. The van der Waals surface area contributed by atoms with Crippen molar-refractivity contribution in [1.82, 2.24) is 25.6 Å². The molecule has 1 amide bonds. The van der Waals surface area contributed by atoms with Gasteiger partial charge < -0.3 is 34.7 Å². The lowest BCUT2D eigenvalue weighted by atomic mass is 9.74. The van der Waals surface area contributed by atoms with Crippen molar-refractivity contribution in [3.05, 3.63) is 140 Å². The van der Waals surface area contributed by atoms with E-state index in [4.69, 9.17) is 29.4 Å². The number of amides is 1. The molecule has 6 aromatic rings. The van der Waals surface area contributed by atoms with Crippen molar-refractivity contribution >= 4 is 43.7 Å². The minimum Gasteiger partial charge on any atom is -0.478 e. The average molecular weight is 931 g/mol. The molecule has 0 atom stereocenters. The fraction of sp³-hybridized carbons (Fsp3) is 0.318. The minimum absolute atomic E-state index is 0.118. The Labute approximate surface area is 359 Å². The maximum absolute atomic E-state index is 12.9. The Morgan fingerprint density at radius 2 is 1.14 bits per heavy atom. The first-order chi connectivity index (χ1) is 28.5. The first kappa shape index (κ1) is 43.5. The van der Waals surface area contributed by atoms with E-state index in [1.54, 1.807) is 38.1 Å². The normalized spacial score (nSPS) is 15.5. The van der Waals surface area contributed by atoms with Crippen LogP contribution in [-0.2, 0) is 20.3 Å². The van der Waals surface area contributed by atoms with Crippen LogP contribution in [0.2, 0.25) is 0 Å². The molecule has 0 unspecified atom stereocenters. The Kier molecular flexibility index (Phi) is 15.0. The van der Waals surface area contributed by atoms with Crippen LogP contribution in [0.3, 0.4) is 0 Å². The van der Waals surface area contributed by atoms with Crippen LogP contribution in [0, 0.1) is 13.8 Å². The predicted octanol–water partition coefficient (Wildman–Crippen LogP) is 8.48. The van der Waals surface area contributed by atoms with Gasteiger partial charge in [0.25, 0.3) is 5.91 Å². The van der Waals surface area contributed by atoms with Gasteiger partial charge in [0, 0.05) is 89.8 Å². The first-order valence-corrected chi connectivity index (χ1v) is 20.8. The Morgan fingerprint density at radius 1 is 0.678 bits per heavy atom. The SMILES string of the molecule is Cc1nc(-c2cccc(C(=O)NCC3(c4cccc(Br)c4)CCOCC3)c2)no1.Cc1nc(-c2cccc(C(=O)O)c2)no1.NCC1(c2cccc(Br)c2)CCOCC1. The van der Waals surface area contributed by atoms with Gasteiger partial charge in [0.15, 0.2) is 0 Å². The van der Waals surface area contributed by atoms with E-state index in [9.17, 15) is 9.59 Å². The summed E-state index contributed by atoms with van der Waals surface area (Å²) in [7, 11) is 0. The summed E-state index contributed by atoms with van der Waals surface area (Å²) in [4.78, 5) is 31.9. The molecule has 2 aliphatic rings. The number of aromatic nitrogens is 4. The molecule has 0 spiro atoms. The first-order valence-electron chi connectivity index (χ1n) is 19.2. The molecule has 0 saturated carbocycles. The highest BCUT2D eigenvalue weighted by Crippen LogP contribution is 2.36. The molecule has 13 nitrogen and oxygen atoms in total. The molecule has 0 aliphatic carbocycles. The summed E-state index contributed by atoms with van der Waals surface area (Å²) in [6.07, 6.45) is 3.79. The largest absolute Gasteiger partial charge is 0.478 e. The lowest BCUT2D eigenvalue weighted by Gasteiger charge is -2.38. The Bertz CT molecular complexity index is 2340. The molecule has 2 fully saturated rings. The van der Waals surface area contributed by atoms with Gasteiger partial charge in [-0.25, -0.2) is 4.79 Å². The second kappa shape index (κ2) is 20.3. The number of benzene rings is 4. The zero-order valence-electron chi connectivity index (χ0n) is 32.8. The molecular formula is C44H46Br2N6O7. The molecule has 308 valence electrons. The van der Waals surface area contributed by atoms with Crippen molar-refractivity contribution in [2.45, 2.75) is 50.4 Å². The lowest BCUT2D eigenvalue weighted by molar-refractivity contribution is 0.0487. The zero-order valence-corrected chi connectivity index (χ0v) is 36.0. The molecule has 0 bridgehead atoms. The van der Waals surface area contributed by atoms with Gasteiger partial charge in [-0.15, -0.1) is 0 Å². The van der Waals surface area contributed by atoms with Gasteiger partial charge in [-0.1, -0.05) is 90.7 Å². The van der Waals surface area contributed by atoms with Crippen LogP contribution in [0.5, 0.6) is 0 Å². The maximum Gasteiger partial charge on any atom is 0.335 e. The van der Waals surface area contributed by atoms with Crippen molar-refractivity contribution in [3.63, 3.8) is 0 Å². The maximum atomic E-state index is 12.9. The van der Waals surface area contributed by atoms with E-state index in [1.165, 1.54) is 23.3 Å². The van der Waals surface area contributed by atoms with E-state index in [1.807, 2.05) is 30.3 Å². The van der Waals surface area contributed by atoms with Crippen LogP contribution in [0.1, 0.15) is 69.3 Å². The van der Waals surface area contributed by atoms with Gasteiger partial charge in [-0.3, -0.25) is 4.79 Å². The molecule has 2 saturated heterocycles. The van der Waals surface area contributed by atoms with E-state index in [2.05, 4.69) is 87.8 Å². The van der Waals surface area contributed by atoms with Crippen molar-refractivity contribution in [1.29, 1.82) is 0 Å². The fourth-order valence-corrected chi connectivity index (χ4v) is 7.91. The smallest absolute Gasteiger partial charge is 0.335 e. The third-order valence-corrected chi connectivity index (χ3v) is 11.5. The molecule has 4 N–H and O–H groups in total. The van der Waals surface area contributed by atoms with Crippen molar-refractivity contribution in [3.8, 4) is 22.8 Å². The van der Waals surface area contributed by atoms with Crippen LogP contribution < -0.4 is 11.1 Å². The quantitative estimate of drug-likeness (QED) is 0.126. The summed E-state index contributed by atoms with van der Waals surface area (Å²) in [5, 5.41) is 19.6. The van der Waals surface area contributed by atoms with Crippen LogP contribution in [0.4, 0.5) is 0 Å². The Morgan fingerprint density at radius 3 is 1.59 bits per heavy atom. The van der Waals surface area contributed by atoms with Crippen LogP contribution in [-0.4, -0.2) is 76.8 Å². The number of nitrogens with two attached hydrogens (primary N) is 1. The third-order valence-electron chi connectivity index (χ3n) is 10.6. The zero-order chi connectivity index (χ0) is 41.8. The summed E-state index contributed by atoms with van der Waals surface area (Å²) >= 11 is 7.07. The van der Waals surface area contributed by atoms with E-state index in [0.29, 0.717) is 60.9 Å². The third kappa shape index (κ3) is 11.4. The number of ether oxygens (including phenoxy) is 2. The standard InChI is InChI=1S/C22H22BrN3O3.C12H16BrNO.C10H8N2O3/c1-15-25-20(26-29-15)16-4-2-5-17(12-16)21(27)24-14-22(8-10-28-11-9-22)18-6-3-7-19(23)13-18;13-11-3-1-2-10(8-11)12(9-14)4-6-15-7-5-12;1-6-11-9(12-15-6)7-3-2-4-8(5-7)10(13)14/h2-7,12-13H,8-11,14H2,1H3,(H,24,27);1-3,8H,4-7,9,14H2;2-5H,1H3,(H,13,14). The predicted molar refractivity (Wildman–Crippen MR) is 229 cm³/mol. The van der Waals surface area contributed by atoms with Crippen LogP contribution in [0.25, 0.3) is 22.8 Å². The second-order valence-corrected chi connectivity index (χ2v) is 16.3. The molecule has 2 aromatic heterocycles.